The molecule has 4 saturated carbocycles. The van der Waals surface area contributed by atoms with Gasteiger partial charge in [0.2, 0.25) is 0 Å². The topological polar surface area (TPSA) is 6.48 Å². The molecule has 72 heavy (non-hydrogen) atoms. The average Bonchev–Trinajstić information content (AvgIpc) is 3.46. The fourth-order valence-electron chi connectivity index (χ4n) is 13.9. The summed E-state index contributed by atoms with van der Waals surface area (Å²) in [7, 11) is 0. The van der Waals surface area contributed by atoms with E-state index in [1.165, 1.54) is 217 Å². The second kappa shape index (κ2) is 22.4. The number of hydrogen-bond acceptors (Lipinski definition) is 2. The van der Waals surface area contributed by atoms with Gasteiger partial charge in [-0.05, 0) is 194 Å². The van der Waals surface area contributed by atoms with Crippen LogP contribution in [0.25, 0.3) is 21.5 Å². The Labute approximate surface area is 434 Å². The smallest absolute Gasteiger partial charge is 0.0620 e. The largest absolute Gasteiger partial charge is 0.309 e. The molecule has 2 atom stereocenters. The van der Waals surface area contributed by atoms with Crippen LogP contribution in [0, 0.1) is 0 Å². The Balaban J connectivity index is 1.20. The molecule has 4 aliphatic rings. The highest BCUT2D eigenvalue weighted by atomic mass is 15.2. The van der Waals surface area contributed by atoms with Crippen LogP contribution in [0.15, 0.2) is 133 Å². The van der Waals surface area contributed by atoms with E-state index < -0.39 is 0 Å². The van der Waals surface area contributed by atoms with Gasteiger partial charge in [-0.25, -0.2) is 0 Å². The highest BCUT2D eigenvalue weighted by Crippen LogP contribution is 2.53. The minimum atomic E-state index is 0.515. The number of nitrogens with zero attached hydrogens (tertiary/aromatic N) is 2. The molecule has 2 nitrogen and oxygen atoms in total. The van der Waals surface area contributed by atoms with Gasteiger partial charge in [0.25, 0.3) is 0 Å². The second-order valence-corrected chi connectivity index (χ2v) is 23.3. The third kappa shape index (κ3) is 10.2. The number of rotatable bonds is 14. The number of fused-ring (bicyclic) bond motifs is 2. The Morgan fingerprint density at radius 3 is 0.875 bits per heavy atom. The molecule has 4 aliphatic carbocycles. The summed E-state index contributed by atoms with van der Waals surface area (Å²) < 4.78 is 0. The molecule has 0 aromatic heterocycles. The molecule has 11 rings (SSSR count). The van der Waals surface area contributed by atoms with Crippen molar-refractivity contribution < 1.29 is 0 Å². The van der Waals surface area contributed by atoms with E-state index in [0.717, 1.165) is 12.8 Å². The Kier molecular flexibility index (Phi) is 15.2. The van der Waals surface area contributed by atoms with Crippen molar-refractivity contribution in [2.75, 3.05) is 9.80 Å². The predicted octanol–water partition coefficient (Wildman–Crippen LogP) is 22.2. The first-order valence-corrected chi connectivity index (χ1v) is 29.5. The normalized spacial score (nSPS) is 18.6. The fourth-order valence-corrected chi connectivity index (χ4v) is 13.9. The van der Waals surface area contributed by atoms with Gasteiger partial charge in [-0.2, -0.15) is 0 Å². The molecule has 7 aromatic rings. The fraction of sp³-hybridized carbons (Fsp3) is 0.457. The molecular formula is C70H84N2. The van der Waals surface area contributed by atoms with E-state index in [1.54, 1.807) is 0 Å². The zero-order valence-electron chi connectivity index (χ0n) is 44.6. The van der Waals surface area contributed by atoms with Crippen molar-refractivity contribution in [2.24, 2.45) is 0 Å². The lowest BCUT2D eigenvalue weighted by molar-refractivity contribution is 0.443. The van der Waals surface area contributed by atoms with Gasteiger partial charge in [0.15, 0.2) is 0 Å². The van der Waals surface area contributed by atoms with Gasteiger partial charge in [-0.3, -0.25) is 0 Å². The van der Waals surface area contributed by atoms with Crippen LogP contribution < -0.4 is 9.80 Å². The van der Waals surface area contributed by atoms with Crippen LogP contribution in [0.3, 0.4) is 0 Å². The summed E-state index contributed by atoms with van der Waals surface area (Å²) in [5.74, 6) is 3.52. The average molecular weight is 953 g/mol. The Morgan fingerprint density at radius 2 is 0.583 bits per heavy atom. The van der Waals surface area contributed by atoms with Crippen LogP contribution in [0.2, 0.25) is 0 Å². The maximum atomic E-state index is 2.68. The van der Waals surface area contributed by atoms with E-state index >= 15 is 0 Å². The van der Waals surface area contributed by atoms with Gasteiger partial charge in [0, 0.05) is 44.3 Å². The van der Waals surface area contributed by atoms with Crippen LogP contribution in [0.1, 0.15) is 238 Å². The monoisotopic (exact) mass is 953 g/mol. The number of anilines is 6. The number of hydrogen-bond donors (Lipinski definition) is 0. The molecule has 0 heterocycles. The van der Waals surface area contributed by atoms with Gasteiger partial charge in [-0.15, -0.1) is 0 Å². The molecule has 2 heteroatoms. The molecule has 374 valence electrons. The van der Waals surface area contributed by atoms with E-state index in [0.29, 0.717) is 35.5 Å². The SMILES string of the molecule is CCC(C)c1ccc(N(c2ccc(C3CCCCC3)cc2)c2c3ccc(C4CCCCC4)cc3c(N(c3ccc(C(C)CC)cc3)c3ccc(C4CCCCC4)cc3)c3ccc(C4CCCCC4)cc23)cc1. The van der Waals surface area contributed by atoms with Crippen molar-refractivity contribution in [3.63, 3.8) is 0 Å². The molecule has 7 aromatic carbocycles. The molecule has 0 spiro atoms. The molecule has 0 bridgehead atoms. The first-order chi connectivity index (χ1) is 35.4. The summed E-state index contributed by atoms with van der Waals surface area (Å²) in [5.41, 5.74) is 16.5. The van der Waals surface area contributed by atoms with Gasteiger partial charge < -0.3 is 9.80 Å². The zero-order chi connectivity index (χ0) is 49.0. The highest BCUT2D eigenvalue weighted by molar-refractivity contribution is 6.23. The van der Waals surface area contributed by atoms with Gasteiger partial charge >= 0.3 is 0 Å². The van der Waals surface area contributed by atoms with Gasteiger partial charge in [0.1, 0.15) is 0 Å². The molecule has 0 radical (unpaired) electrons. The third-order valence-corrected chi connectivity index (χ3v) is 18.8. The molecule has 2 unspecified atom stereocenters. The van der Waals surface area contributed by atoms with Crippen molar-refractivity contribution in [2.45, 2.75) is 204 Å². The standard InChI is InChI=1S/C70H84N2/c1-5-49(3)51-27-37-61(38-28-51)71(63-41-31-57(32-42-63)53-19-11-7-12-20-53)69-65-45-35-60(56-25-17-10-18-26-56)48-68(65)70(66-46-36-59(47-67(66)69)55-23-15-9-16-24-55)72(62-39-29-52(30-40-62)50(4)6-2)64-43-33-58(34-44-64)54-21-13-8-14-22-54/h27-50,53-56H,5-26H2,1-4H3. The van der Waals surface area contributed by atoms with Crippen molar-refractivity contribution in [1.29, 1.82) is 0 Å². The van der Waals surface area contributed by atoms with Crippen LogP contribution in [0.4, 0.5) is 34.1 Å². The lowest BCUT2D eigenvalue weighted by Gasteiger charge is -2.34. The summed E-state index contributed by atoms with van der Waals surface area (Å²) >= 11 is 0. The molecule has 0 saturated heterocycles. The highest BCUT2D eigenvalue weighted by Gasteiger charge is 2.29. The van der Waals surface area contributed by atoms with Crippen LogP contribution in [0.5, 0.6) is 0 Å². The second-order valence-electron chi connectivity index (χ2n) is 23.3. The summed E-state index contributed by atoms with van der Waals surface area (Å²) in [6, 6.07) is 54.8. The maximum absolute atomic E-state index is 2.68. The van der Waals surface area contributed by atoms with Crippen LogP contribution >= 0.6 is 0 Å². The van der Waals surface area contributed by atoms with E-state index in [4.69, 9.17) is 0 Å². The Bertz CT molecular complexity index is 2670. The first-order valence-electron chi connectivity index (χ1n) is 29.5. The quantitative estimate of drug-likeness (QED) is 0.0792. The molecule has 0 amide bonds. The predicted molar refractivity (Wildman–Crippen MR) is 312 cm³/mol. The van der Waals surface area contributed by atoms with E-state index in [9.17, 15) is 0 Å². The van der Waals surface area contributed by atoms with Crippen molar-refractivity contribution >= 4 is 55.7 Å². The van der Waals surface area contributed by atoms with Crippen LogP contribution in [-0.4, -0.2) is 0 Å². The van der Waals surface area contributed by atoms with E-state index in [2.05, 4.69) is 171 Å². The van der Waals surface area contributed by atoms with E-state index in [-0.39, 0.29) is 0 Å². The van der Waals surface area contributed by atoms with Crippen LogP contribution in [-0.2, 0) is 0 Å². The minimum Gasteiger partial charge on any atom is -0.309 e. The number of benzene rings is 7. The summed E-state index contributed by atoms with van der Waals surface area (Å²) in [4.78, 5) is 5.35. The molecular weight excluding hydrogens is 869 g/mol. The van der Waals surface area contributed by atoms with E-state index in [1.807, 2.05) is 0 Å². The van der Waals surface area contributed by atoms with Crippen molar-refractivity contribution in [3.05, 3.63) is 167 Å². The molecule has 0 N–H and O–H groups in total. The van der Waals surface area contributed by atoms with Crippen molar-refractivity contribution in [3.8, 4) is 0 Å². The maximum Gasteiger partial charge on any atom is 0.0620 e. The first kappa shape index (κ1) is 48.9. The summed E-state index contributed by atoms with van der Waals surface area (Å²) in [6.07, 6.45) is 28.8. The van der Waals surface area contributed by atoms with Gasteiger partial charge in [-0.1, -0.05) is 178 Å². The molecule has 4 fully saturated rings. The van der Waals surface area contributed by atoms with Crippen molar-refractivity contribution in [1.82, 2.24) is 0 Å². The molecule has 0 aliphatic heterocycles. The minimum absolute atomic E-state index is 0.515. The Morgan fingerprint density at radius 1 is 0.319 bits per heavy atom. The lowest BCUT2D eigenvalue weighted by atomic mass is 9.81. The third-order valence-electron chi connectivity index (χ3n) is 18.8. The summed E-state index contributed by atoms with van der Waals surface area (Å²) in [6.45, 7) is 9.39. The Hall–Kier alpha value is -5.34. The zero-order valence-corrected chi connectivity index (χ0v) is 44.6. The lowest BCUT2D eigenvalue weighted by Crippen LogP contribution is -2.16. The summed E-state index contributed by atoms with van der Waals surface area (Å²) in [5, 5.41) is 5.38. The van der Waals surface area contributed by atoms with Gasteiger partial charge in [0.05, 0.1) is 11.4 Å².